The maximum Gasteiger partial charge on any atom is 0.309 e. The maximum atomic E-state index is 12.8. The van der Waals surface area contributed by atoms with E-state index in [1.807, 2.05) is 34.0 Å². The first kappa shape index (κ1) is 20.5. The number of ether oxygens (including phenoxy) is 1. The molecule has 1 saturated heterocycles. The van der Waals surface area contributed by atoms with Crippen LogP contribution >= 0.6 is 11.8 Å². The number of hydroxylamine groups is 2. The van der Waals surface area contributed by atoms with Gasteiger partial charge in [-0.05, 0) is 59.0 Å². The summed E-state index contributed by atoms with van der Waals surface area (Å²) in [5, 5.41) is 11.7. The number of thioether (sulfide) groups is 1. The van der Waals surface area contributed by atoms with Gasteiger partial charge in [0.05, 0.1) is 13.0 Å². The summed E-state index contributed by atoms with van der Waals surface area (Å²) in [6, 6.07) is 0. The first-order chi connectivity index (χ1) is 10.5. The maximum absolute atomic E-state index is 12.8. The molecule has 6 heteroatoms. The molecule has 1 N–H and O–H groups in total. The van der Waals surface area contributed by atoms with E-state index < -0.39 is 11.1 Å². The molecule has 0 spiro atoms. The van der Waals surface area contributed by atoms with Gasteiger partial charge in [-0.3, -0.25) is 9.59 Å². The van der Waals surface area contributed by atoms with Crippen molar-refractivity contribution in [2.24, 2.45) is 11.8 Å². The molecule has 1 heterocycles. The van der Waals surface area contributed by atoms with Crippen LogP contribution in [0.2, 0.25) is 0 Å². The van der Waals surface area contributed by atoms with Crippen LogP contribution in [0.15, 0.2) is 0 Å². The van der Waals surface area contributed by atoms with Gasteiger partial charge < -0.3 is 9.94 Å². The number of rotatable bonds is 7. The average Bonchev–Trinajstić information content (AvgIpc) is 2.47. The zero-order chi connectivity index (χ0) is 17.8. The number of carbonyl (C=O) groups is 2. The second kappa shape index (κ2) is 7.99. The summed E-state index contributed by atoms with van der Waals surface area (Å²) in [6.45, 7) is 7.78. The van der Waals surface area contributed by atoms with Crippen molar-refractivity contribution < 1.29 is 19.5 Å². The van der Waals surface area contributed by atoms with Crippen molar-refractivity contribution in [2.45, 2.75) is 64.5 Å². The van der Waals surface area contributed by atoms with E-state index in [1.54, 1.807) is 11.8 Å². The summed E-state index contributed by atoms with van der Waals surface area (Å²) >= 11 is 1.66. The molecule has 1 fully saturated rings. The molecular formula is C17H31NO4S. The number of Topliss-reactive ketones (excluding diaryl/α,β-unsaturated/α-hetero) is 1. The Morgan fingerprint density at radius 3 is 2.22 bits per heavy atom. The Balaban J connectivity index is 2.81. The molecule has 1 rings (SSSR count). The fourth-order valence-electron chi connectivity index (χ4n) is 3.64. The van der Waals surface area contributed by atoms with Crippen LogP contribution in [0.25, 0.3) is 0 Å². The fourth-order valence-corrected chi connectivity index (χ4v) is 4.16. The highest BCUT2D eigenvalue weighted by atomic mass is 32.2. The summed E-state index contributed by atoms with van der Waals surface area (Å²) in [7, 11) is 1.37. The zero-order valence-corrected chi connectivity index (χ0v) is 16.0. The molecule has 0 aliphatic carbocycles. The highest BCUT2D eigenvalue weighted by Gasteiger charge is 2.47. The third kappa shape index (κ3) is 5.19. The third-order valence-corrected chi connectivity index (χ3v) is 5.39. The van der Waals surface area contributed by atoms with Gasteiger partial charge in [0.1, 0.15) is 5.78 Å². The van der Waals surface area contributed by atoms with E-state index in [-0.39, 0.29) is 30.0 Å². The number of esters is 1. The van der Waals surface area contributed by atoms with Gasteiger partial charge in [-0.15, -0.1) is 0 Å². The Bertz CT molecular complexity index is 418. The number of hydrogen-bond donors (Lipinski definition) is 1. The van der Waals surface area contributed by atoms with E-state index in [2.05, 4.69) is 0 Å². The molecule has 0 bridgehead atoms. The van der Waals surface area contributed by atoms with Crippen LogP contribution in [-0.2, 0) is 14.3 Å². The Kier molecular flexibility index (Phi) is 7.11. The molecule has 1 atom stereocenters. The summed E-state index contributed by atoms with van der Waals surface area (Å²) in [4.78, 5) is 24.7. The quantitative estimate of drug-likeness (QED) is 0.715. The third-order valence-electron chi connectivity index (χ3n) is 4.75. The van der Waals surface area contributed by atoms with E-state index in [0.717, 1.165) is 5.75 Å². The normalized spacial score (nSPS) is 22.6. The first-order valence-electron chi connectivity index (χ1n) is 8.14. The standard InChI is InChI=1S/C17H31NO4S/c1-16(2)10-13(11-17(3,4)18(16)21)14(19)9-12(7-8-23-6)15(20)22-5/h12-13,21H,7-11H2,1-6H3. The van der Waals surface area contributed by atoms with E-state index in [1.165, 1.54) is 12.2 Å². The van der Waals surface area contributed by atoms with E-state index in [0.29, 0.717) is 19.3 Å². The topological polar surface area (TPSA) is 66.8 Å². The van der Waals surface area contributed by atoms with Gasteiger partial charge >= 0.3 is 5.97 Å². The van der Waals surface area contributed by atoms with Gasteiger partial charge in [-0.25, -0.2) is 0 Å². The van der Waals surface area contributed by atoms with Gasteiger partial charge in [-0.2, -0.15) is 16.8 Å². The predicted molar refractivity (Wildman–Crippen MR) is 92.6 cm³/mol. The molecule has 0 aromatic heterocycles. The molecule has 23 heavy (non-hydrogen) atoms. The number of piperidine rings is 1. The first-order valence-corrected chi connectivity index (χ1v) is 9.53. The summed E-state index contributed by atoms with van der Waals surface area (Å²) in [5.74, 6) is 0.142. The molecule has 1 aliphatic heterocycles. The van der Waals surface area contributed by atoms with Crippen LogP contribution in [0.5, 0.6) is 0 Å². The van der Waals surface area contributed by atoms with Crippen LogP contribution in [0.4, 0.5) is 0 Å². The lowest BCUT2D eigenvalue weighted by Crippen LogP contribution is -2.59. The molecule has 1 aliphatic rings. The van der Waals surface area contributed by atoms with Crippen molar-refractivity contribution in [1.82, 2.24) is 5.06 Å². The van der Waals surface area contributed by atoms with Crippen molar-refractivity contribution in [2.75, 3.05) is 19.1 Å². The van der Waals surface area contributed by atoms with Crippen LogP contribution in [0.3, 0.4) is 0 Å². The number of methoxy groups -OCH3 is 1. The molecule has 0 amide bonds. The minimum absolute atomic E-state index is 0.107. The van der Waals surface area contributed by atoms with Crippen LogP contribution in [0.1, 0.15) is 53.4 Å². The highest BCUT2D eigenvalue weighted by molar-refractivity contribution is 7.98. The second-order valence-electron chi connectivity index (χ2n) is 7.71. The van der Waals surface area contributed by atoms with E-state index in [4.69, 9.17) is 4.74 Å². The van der Waals surface area contributed by atoms with Gasteiger partial charge in [0.2, 0.25) is 0 Å². The molecule has 0 radical (unpaired) electrons. The summed E-state index contributed by atoms with van der Waals surface area (Å²) in [5.41, 5.74) is -0.912. The lowest BCUT2D eigenvalue weighted by Gasteiger charge is -2.51. The van der Waals surface area contributed by atoms with Crippen LogP contribution < -0.4 is 0 Å². The molecule has 5 nitrogen and oxygen atoms in total. The SMILES string of the molecule is COC(=O)C(CCSC)CC(=O)C1CC(C)(C)N(O)C(C)(C)C1. The Morgan fingerprint density at radius 2 is 1.78 bits per heavy atom. The van der Waals surface area contributed by atoms with Gasteiger partial charge in [-0.1, -0.05) is 0 Å². The summed E-state index contributed by atoms with van der Waals surface area (Å²) in [6.07, 6.45) is 4.07. The minimum Gasteiger partial charge on any atom is -0.469 e. The highest BCUT2D eigenvalue weighted by Crippen LogP contribution is 2.41. The largest absolute Gasteiger partial charge is 0.469 e. The molecule has 1 unspecified atom stereocenters. The molecular weight excluding hydrogens is 314 g/mol. The Hall–Kier alpha value is -0.590. The lowest BCUT2D eigenvalue weighted by molar-refractivity contribution is -0.249. The predicted octanol–water partition coefficient (Wildman–Crippen LogP) is 3.15. The van der Waals surface area contributed by atoms with Crippen LogP contribution in [0, 0.1) is 11.8 Å². The van der Waals surface area contributed by atoms with E-state index in [9.17, 15) is 14.8 Å². The fraction of sp³-hybridized carbons (Fsp3) is 0.882. The van der Waals surface area contributed by atoms with Gasteiger partial charge in [0.25, 0.3) is 0 Å². The van der Waals surface area contributed by atoms with Gasteiger partial charge in [0, 0.05) is 23.4 Å². The van der Waals surface area contributed by atoms with Gasteiger partial charge in [0.15, 0.2) is 0 Å². The lowest BCUT2D eigenvalue weighted by atomic mass is 9.72. The molecule has 0 aromatic carbocycles. The van der Waals surface area contributed by atoms with Crippen molar-refractivity contribution in [3.05, 3.63) is 0 Å². The molecule has 0 saturated carbocycles. The smallest absolute Gasteiger partial charge is 0.309 e. The molecule has 0 aromatic rings. The van der Waals surface area contributed by atoms with Crippen LogP contribution in [-0.4, -0.2) is 52.2 Å². The summed E-state index contributed by atoms with van der Waals surface area (Å²) < 4.78 is 4.85. The number of carbonyl (C=O) groups excluding carboxylic acids is 2. The van der Waals surface area contributed by atoms with Crippen molar-refractivity contribution in [1.29, 1.82) is 0 Å². The van der Waals surface area contributed by atoms with Crippen molar-refractivity contribution in [3.8, 4) is 0 Å². The monoisotopic (exact) mass is 345 g/mol. The zero-order valence-electron chi connectivity index (χ0n) is 15.2. The van der Waals surface area contributed by atoms with Crippen molar-refractivity contribution >= 4 is 23.5 Å². The second-order valence-corrected chi connectivity index (χ2v) is 8.70. The number of nitrogens with zero attached hydrogens (tertiary/aromatic N) is 1. The Labute approximate surface area is 144 Å². The molecule has 134 valence electrons. The minimum atomic E-state index is -0.456. The van der Waals surface area contributed by atoms with E-state index >= 15 is 0 Å². The number of ketones is 1. The van der Waals surface area contributed by atoms with Crippen molar-refractivity contribution in [3.63, 3.8) is 0 Å². The average molecular weight is 346 g/mol. The Morgan fingerprint density at radius 1 is 1.26 bits per heavy atom. The number of hydrogen-bond acceptors (Lipinski definition) is 6.